The Labute approximate surface area is 118 Å². The van der Waals surface area contributed by atoms with Gasteiger partial charge in [-0.3, -0.25) is 10.1 Å². The second-order valence-electron chi connectivity index (χ2n) is 5.12. The third-order valence-corrected chi connectivity index (χ3v) is 3.47. The zero-order valence-electron chi connectivity index (χ0n) is 11.5. The van der Waals surface area contributed by atoms with Crippen LogP contribution in [0, 0.1) is 21.4 Å². The number of nitriles is 1. The Morgan fingerprint density at radius 1 is 1.50 bits per heavy atom. The predicted molar refractivity (Wildman–Crippen MR) is 76.6 cm³/mol. The number of nitrogens with zero attached hydrogens (tertiary/aromatic N) is 3. The van der Waals surface area contributed by atoms with Crippen molar-refractivity contribution in [3.8, 4) is 6.07 Å². The van der Waals surface area contributed by atoms with Gasteiger partial charge in [0.15, 0.2) is 0 Å². The second kappa shape index (κ2) is 6.35. The van der Waals surface area contributed by atoms with E-state index in [1.165, 1.54) is 18.9 Å². The van der Waals surface area contributed by atoms with Crippen molar-refractivity contribution in [1.29, 1.82) is 5.26 Å². The van der Waals surface area contributed by atoms with Gasteiger partial charge < -0.3 is 10.2 Å². The fourth-order valence-electron chi connectivity index (χ4n) is 2.61. The standard InChI is InChI=1S/C14H18N4O2/c1-11(10-17-7-2-3-8-17)16-13-6-4-5-12(9-15)14(13)18(19)20/h4-6,11,16H,2-3,7-8,10H2,1H3. The fourth-order valence-corrected chi connectivity index (χ4v) is 2.61. The van der Waals surface area contributed by atoms with Gasteiger partial charge in [0, 0.05) is 12.6 Å². The smallest absolute Gasteiger partial charge is 0.309 e. The van der Waals surface area contributed by atoms with E-state index in [1.807, 2.05) is 13.0 Å². The molecule has 0 aliphatic carbocycles. The molecule has 1 atom stereocenters. The number of para-hydroxylation sites is 1. The average molecular weight is 274 g/mol. The van der Waals surface area contributed by atoms with Gasteiger partial charge in [0.2, 0.25) is 0 Å². The van der Waals surface area contributed by atoms with E-state index in [9.17, 15) is 10.1 Å². The first-order valence-corrected chi connectivity index (χ1v) is 6.78. The van der Waals surface area contributed by atoms with Crippen molar-refractivity contribution in [1.82, 2.24) is 4.90 Å². The minimum atomic E-state index is -0.497. The molecule has 0 amide bonds. The summed E-state index contributed by atoms with van der Waals surface area (Å²) in [6.45, 7) is 5.04. The van der Waals surface area contributed by atoms with Gasteiger partial charge in [-0.15, -0.1) is 0 Å². The summed E-state index contributed by atoms with van der Waals surface area (Å²) in [4.78, 5) is 13.0. The maximum absolute atomic E-state index is 11.1. The lowest BCUT2D eigenvalue weighted by Gasteiger charge is -2.22. The number of nitrogens with one attached hydrogen (secondary N) is 1. The minimum absolute atomic E-state index is 0.0911. The Hall–Kier alpha value is -2.13. The number of nitro benzene ring substituents is 1. The summed E-state index contributed by atoms with van der Waals surface area (Å²) in [5.41, 5.74) is 0.373. The van der Waals surface area contributed by atoms with Crippen molar-refractivity contribution in [3.63, 3.8) is 0 Å². The summed E-state index contributed by atoms with van der Waals surface area (Å²) in [6, 6.07) is 6.75. The number of benzene rings is 1. The molecule has 0 saturated carbocycles. The fraction of sp³-hybridized carbons (Fsp3) is 0.500. The first kappa shape index (κ1) is 14.3. The van der Waals surface area contributed by atoms with Crippen molar-refractivity contribution >= 4 is 11.4 Å². The number of rotatable bonds is 5. The second-order valence-corrected chi connectivity index (χ2v) is 5.12. The third kappa shape index (κ3) is 3.25. The Kier molecular flexibility index (Phi) is 4.53. The van der Waals surface area contributed by atoms with Gasteiger partial charge >= 0.3 is 5.69 Å². The molecule has 1 N–H and O–H groups in total. The lowest BCUT2D eigenvalue weighted by atomic mass is 10.1. The maximum Gasteiger partial charge on any atom is 0.309 e. The molecule has 2 rings (SSSR count). The number of nitro groups is 1. The average Bonchev–Trinajstić information content (AvgIpc) is 2.90. The van der Waals surface area contributed by atoms with Crippen LogP contribution in [0.4, 0.5) is 11.4 Å². The molecule has 6 nitrogen and oxygen atoms in total. The van der Waals surface area contributed by atoms with E-state index in [4.69, 9.17) is 5.26 Å². The molecule has 1 aromatic carbocycles. The van der Waals surface area contributed by atoms with Crippen LogP contribution in [-0.4, -0.2) is 35.5 Å². The highest BCUT2D eigenvalue weighted by molar-refractivity contribution is 5.68. The summed E-state index contributed by atoms with van der Waals surface area (Å²) in [5, 5.41) is 23.3. The molecule has 1 aliphatic heterocycles. The lowest BCUT2D eigenvalue weighted by Crippen LogP contribution is -2.33. The molecule has 0 aromatic heterocycles. The summed E-state index contributed by atoms with van der Waals surface area (Å²) < 4.78 is 0. The Morgan fingerprint density at radius 3 is 2.80 bits per heavy atom. The van der Waals surface area contributed by atoms with Crippen LogP contribution in [0.3, 0.4) is 0 Å². The molecule has 1 heterocycles. The van der Waals surface area contributed by atoms with Crippen molar-refractivity contribution in [2.75, 3.05) is 25.0 Å². The van der Waals surface area contributed by atoms with Crippen LogP contribution < -0.4 is 5.32 Å². The molecule has 0 spiro atoms. The van der Waals surface area contributed by atoms with Crippen LogP contribution in [0.15, 0.2) is 18.2 Å². The monoisotopic (exact) mass is 274 g/mol. The molecule has 1 unspecified atom stereocenters. The molecule has 20 heavy (non-hydrogen) atoms. The largest absolute Gasteiger partial charge is 0.376 e. The van der Waals surface area contributed by atoms with Crippen molar-refractivity contribution in [2.45, 2.75) is 25.8 Å². The minimum Gasteiger partial charge on any atom is -0.376 e. The van der Waals surface area contributed by atoms with E-state index < -0.39 is 4.92 Å². The number of likely N-dealkylation sites (tertiary alicyclic amines) is 1. The van der Waals surface area contributed by atoms with Crippen molar-refractivity contribution in [2.24, 2.45) is 0 Å². The summed E-state index contributed by atoms with van der Waals surface area (Å²) in [5.74, 6) is 0. The summed E-state index contributed by atoms with van der Waals surface area (Å²) in [6.07, 6.45) is 2.44. The molecule has 6 heteroatoms. The molecule has 1 saturated heterocycles. The lowest BCUT2D eigenvalue weighted by molar-refractivity contribution is -0.384. The van der Waals surface area contributed by atoms with Crippen LogP contribution in [0.2, 0.25) is 0 Å². The zero-order chi connectivity index (χ0) is 14.5. The van der Waals surface area contributed by atoms with E-state index in [2.05, 4.69) is 10.2 Å². The van der Waals surface area contributed by atoms with Crippen molar-refractivity contribution < 1.29 is 4.92 Å². The van der Waals surface area contributed by atoms with Crippen molar-refractivity contribution in [3.05, 3.63) is 33.9 Å². The van der Waals surface area contributed by atoms with Gasteiger partial charge in [-0.1, -0.05) is 6.07 Å². The highest BCUT2D eigenvalue weighted by Gasteiger charge is 2.21. The molecular formula is C14H18N4O2. The van der Waals surface area contributed by atoms with Gasteiger partial charge in [-0.05, 0) is 45.0 Å². The quantitative estimate of drug-likeness (QED) is 0.658. The van der Waals surface area contributed by atoms with Gasteiger partial charge in [0.25, 0.3) is 0 Å². The van der Waals surface area contributed by atoms with E-state index in [0.29, 0.717) is 5.69 Å². The molecule has 0 bridgehead atoms. The number of hydrogen-bond donors (Lipinski definition) is 1. The molecule has 106 valence electrons. The maximum atomic E-state index is 11.1. The molecule has 1 aromatic rings. The Balaban J connectivity index is 2.12. The highest BCUT2D eigenvalue weighted by Crippen LogP contribution is 2.28. The topological polar surface area (TPSA) is 82.2 Å². The predicted octanol–water partition coefficient (Wildman–Crippen LogP) is 2.36. The van der Waals surface area contributed by atoms with Crippen LogP contribution in [0.1, 0.15) is 25.3 Å². The summed E-state index contributed by atoms with van der Waals surface area (Å²) in [7, 11) is 0. The Bertz CT molecular complexity index is 532. The van der Waals surface area contributed by atoms with E-state index in [-0.39, 0.29) is 17.3 Å². The SMILES string of the molecule is CC(CN1CCCC1)Nc1cccc(C#N)c1[N+](=O)[O-]. The first-order chi connectivity index (χ1) is 9.61. The Morgan fingerprint density at radius 2 is 2.20 bits per heavy atom. The van der Waals surface area contributed by atoms with E-state index in [0.717, 1.165) is 19.6 Å². The van der Waals surface area contributed by atoms with Crippen LogP contribution in [0.5, 0.6) is 0 Å². The first-order valence-electron chi connectivity index (χ1n) is 6.78. The molecular weight excluding hydrogens is 256 g/mol. The van der Waals surface area contributed by atoms with Crippen LogP contribution in [0.25, 0.3) is 0 Å². The number of anilines is 1. The number of hydrogen-bond acceptors (Lipinski definition) is 5. The molecule has 0 radical (unpaired) electrons. The highest BCUT2D eigenvalue weighted by atomic mass is 16.6. The zero-order valence-corrected chi connectivity index (χ0v) is 11.5. The molecule has 1 aliphatic rings. The summed E-state index contributed by atoms with van der Waals surface area (Å²) >= 11 is 0. The third-order valence-electron chi connectivity index (χ3n) is 3.47. The normalized spacial score (nSPS) is 16.6. The van der Waals surface area contributed by atoms with E-state index in [1.54, 1.807) is 12.1 Å². The van der Waals surface area contributed by atoms with Gasteiger partial charge in [-0.25, -0.2) is 0 Å². The van der Waals surface area contributed by atoms with Crippen LogP contribution in [-0.2, 0) is 0 Å². The molecule has 1 fully saturated rings. The van der Waals surface area contributed by atoms with Gasteiger partial charge in [-0.2, -0.15) is 5.26 Å². The van der Waals surface area contributed by atoms with E-state index >= 15 is 0 Å². The van der Waals surface area contributed by atoms with Gasteiger partial charge in [0.1, 0.15) is 17.3 Å². The van der Waals surface area contributed by atoms with Gasteiger partial charge in [0.05, 0.1) is 4.92 Å². The van der Waals surface area contributed by atoms with Crippen LogP contribution >= 0.6 is 0 Å².